The van der Waals surface area contributed by atoms with Gasteiger partial charge < -0.3 is 0 Å². The van der Waals surface area contributed by atoms with E-state index in [4.69, 9.17) is 0 Å². The summed E-state index contributed by atoms with van der Waals surface area (Å²) in [4.78, 5) is -1.35. The Bertz CT molecular complexity index is 262. The van der Waals surface area contributed by atoms with E-state index in [1.165, 1.54) is 5.30 Å². The monoisotopic (exact) mass is 326 g/mol. The summed E-state index contributed by atoms with van der Waals surface area (Å²) in [5, 5.41) is 4.87. The van der Waals surface area contributed by atoms with E-state index in [0.717, 1.165) is 0 Å². The second kappa shape index (κ2) is 4.94. The Kier molecular flexibility index (Phi) is 4.45. The molecule has 13 heavy (non-hydrogen) atoms. The van der Waals surface area contributed by atoms with E-state index >= 15 is 0 Å². The fraction of sp³-hybridized carbons (Fsp3) is 0.333. The third-order valence-electron chi connectivity index (χ3n) is 1.52. The van der Waals surface area contributed by atoms with Gasteiger partial charge in [-0.3, -0.25) is 0 Å². The normalized spacial score (nSPS) is 12.1. The summed E-state index contributed by atoms with van der Waals surface area (Å²) in [6, 6.07) is 11.0. The van der Waals surface area contributed by atoms with Crippen LogP contribution in [0.15, 0.2) is 30.3 Å². The molecule has 0 amide bonds. The van der Waals surface area contributed by atoms with Gasteiger partial charge in [-0.25, -0.2) is 0 Å². The first-order chi connectivity index (χ1) is 6.02. The molecule has 0 heterocycles. The van der Waals surface area contributed by atoms with Crippen LogP contribution in [0.2, 0.25) is 0 Å². The van der Waals surface area contributed by atoms with Crippen molar-refractivity contribution in [3.05, 3.63) is 30.3 Å². The van der Waals surface area contributed by atoms with Crippen LogP contribution in [0.3, 0.4) is 0 Å². The molecule has 0 spiro atoms. The fourth-order valence-corrected chi connectivity index (χ4v) is 6.62. The Morgan fingerprint density at radius 1 is 1.15 bits per heavy atom. The second-order valence-corrected chi connectivity index (χ2v) is 15.5. The molecule has 72 valence electrons. The van der Waals surface area contributed by atoms with Gasteiger partial charge in [-0.2, -0.15) is 0 Å². The van der Waals surface area contributed by atoms with Crippen molar-refractivity contribution < 1.29 is 0 Å². The predicted octanol–water partition coefficient (Wildman–Crippen LogP) is 1.41. The van der Waals surface area contributed by atoms with Crippen molar-refractivity contribution in [3.8, 4) is 0 Å². The van der Waals surface area contributed by atoms with Crippen molar-refractivity contribution in [2.24, 2.45) is 0 Å². The second-order valence-electron chi connectivity index (χ2n) is 3.17. The maximum atomic E-state index is 3.54. The number of nitrogens with one attached hydrogen (secondary N) is 1. The first kappa shape index (κ1) is 11.7. The van der Waals surface area contributed by atoms with Crippen molar-refractivity contribution in [3.63, 3.8) is 0 Å². The van der Waals surface area contributed by atoms with Crippen LogP contribution in [0.4, 0.5) is 0 Å². The summed E-state index contributed by atoms with van der Waals surface area (Å²) in [6.07, 6.45) is 0. The van der Waals surface area contributed by atoms with Crippen LogP contribution < -0.4 is 10.4 Å². The third kappa shape index (κ3) is 3.72. The molecule has 0 radical (unpaired) electrons. The SMILES string of the molecule is CC(C)N[P+]([Se-])([Se-])c1ccccc1. The number of hydrogen-bond acceptors (Lipinski definition) is 1. The summed E-state index contributed by atoms with van der Waals surface area (Å²) < 4.78 is 0. The number of hydrogen-bond donors (Lipinski definition) is 1. The minimum atomic E-state index is -1.35. The maximum absolute atomic E-state index is 3.54. The van der Waals surface area contributed by atoms with Crippen LogP contribution in [-0.4, -0.2) is 37.2 Å². The van der Waals surface area contributed by atoms with E-state index in [1.807, 2.05) is 6.07 Å². The molecule has 1 N–H and O–H groups in total. The van der Waals surface area contributed by atoms with E-state index in [1.54, 1.807) is 0 Å². The van der Waals surface area contributed by atoms with E-state index in [0.29, 0.717) is 6.04 Å². The number of benzene rings is 1. The van der Waals surface area contributed by atoms with Crippen molar-refractivity contribution in [1.29, 1.82) is 0 Å². The van der Waals surface area contributed by atoms with Gasteiger partial charge in [-0.15, -0.1) is 0 Å². The molecule has 1 aromatic rings. The predicted molar refractivity (Wildman–Crippen MR) is 62.8 cm³/mol. The van der Waals surface area contributed by atoms with Gasteiger partial charge in [0, 0.05) is 0 Å². The molecule has 4 heteroatoms. The van der Waals surface area contributed by atoms with Crippen molar-refractivity contribution >= 4 is 41.2 Å². The average molecular weight is 324 g/mol. The van der Waals surface area contributed by atoms with Gasteiger partial charge in [0.25, 0.3) is 0 Å². The molecule has 0 bridgehead atoms. The molecule has 0 saturated heterocycles. The van der Waals surface area contributed by atoms with Crippen LogP contribution >= 0.6 is 4.79 Å². The van der Waals surface area contributed by atoms with Gasteiger partial charge in [0.1, 0.15) is 0 Å². The molecule has 0 unspecified atom stereocenters. The first-order valence-electron chi connectivity index (χ1n) is 4.17. The van der Waals surface area contributed by atoms with Crippen LogP contribution in [0.25, 0.3) is 0 Å². The molecule has 1 rings (SSSR count). The average Bonchev–Trinajstić information content (AvgIpc) is 2.04. The number of rotatable bonds is 3. The van der Waals surface area contributed by atoms with E-state index in [9.17, 15) is 0 Å². The summed E-state index contributed by atoms with van der Waals surface area (Å²) in [5.74, 6) is 0. The van der Waals surface area contributed by atoms with E-state index < -0.39 is 4.79 Å². The Balaban J connectivity index is 2.81. The molecule has 0 aliphatic rings. The van der Waals surface area contributed by atoms with E-state index in [2.05, 4.69) is 74.3 Å². The minimum absolute atomic E-state index is 0.496. The Morgan fingerprint density at radius 2 is 1.69 bits per heavy atom. The first-order valence-corrected chi connectivity index (χ1v) is 10.4. The molecular weight excluding hydrogens is 311 g/mol. The zero-order valence-corrected chi connectivity index (χ0v) is 12.0. The molecule has 0 saturated carbocycles. The molecule has 0 atom stereocenters. The molecule has 1 nitrogen and oxygen atoms in total. The van der Waals surface area contributed by atoms with Crippen molar-refractivity contribution in [1.82, 2.24) is 5.09 Å². The quantitative estimate of drug-likeness (QED) is 0.655. The van der Waals surface area contributed by atoms with Gasteiger partial charge in [0.15, 0.2) is 0 Å². The standard InChI is InChI=1S/C9H14NPSe2/c1-8(2)10-11(12,13)9-6-4-3-5-7-9/h3-8H,1-2H3,(H2,10,12,13)/p-1. The summed E-state index contributed by atoms with van der Waals surface area (Å²) in [5.41, 5.74) is 0. The van der Waals surface area contributed by atoms with Gasteiger partial charge >= 0.3 is 96.5 Å². The summed E-state index contributed by atoms with van der Waals surface area (Å²) >= 11 is 6.49. The van der Waals surface area contributed by atoms with Gasteiger partial charge in [0.2, 0.25) is 0 Å². The molecule has 0 aliphatic carbocycles. The van der Waals surface area contributed by atoms with Crippen LogP contribution in [-0.2, 0) is 0 Å². The summed E-state index contributed by atoms with van der Waals surface area (Å²) in [6.45, 7) is 4.32. The van der Waals surface area contributed by atoms with Crippen molar-refractivity contribution in [2.75, 3.05) is 0 Å². The Labute approximate surface area is 96.3 Å². The van der Waals surface area contributed by atoms with Crippen LogP contribution in [0, 0.1) is 0 Å². The molecule has 0 aliphatic heterocycles. The zero-order chi connectivity index (χ0) is 9.90. The van der Waals surface area contributed by atoms with Gasteiger partial charge in [-0.1, -0.05) is 0 Å². The zero-order valence-electron chi connectivity index (χ0n) is 7.73. The van der Waals surface area contributed by atoms with E-state index in [-0.39, 0.29) is 0 Å². The third-order valence-corrected chi connectivity index (χ3v) is 7.34. The van der Waals surface area contributed by atoms with Crippen LogP contribution in [0.5, 0.6) is 0 Å². The van der Waals surface area contributed by atoms with Crippen LogP contribution in [0.1, 0.15) is 13.8 Å². The topological polar surface area (TPSA) is 12.0 Å². The van der Waals surface area contributed by atoms with Gasteiger partial charge in [-0.05, 0) is 0 Å². The summed E-state index contributed by atoms with van der Waals surface area (Å²) in [7, 11) is 0. The Morgan fingerprint density at radius 3 is 2.15 bits per heavy atom. The van der Waals surface area contributed by atoms with Crippen molar-refractivity contribution in [2.45, 2.75) is 19.9 Å². The molecule has 0 fully saturated rings. The molecular formula is C9H13NPSe2-. The molecule has 1 aromatic carbocycles. The molecule has 0 aromatic heterocycles. The Hall–Kier alpha value is 0.649. The van der Waals surface area contributed by atoms with Gasteiger partial charge in [0.05, 0.1) is 0 Å². The fourth-order valence-electron chi connectivity index (χ4n) is 1.04.